The van der Waals surface area contributed by atoms with E-state index in [2.05, 4.69) is 10.4 Å². The van der Waals surface area contributed by atoms with Crippen LogP contribution in [0, 0.1) is 5.82 Å². The summed E-state index contributed by atoms with van der Waals surface area (Å²) in [7, 11) is 1.41. The van der Waals surface area contributed by atoms with Gasteiger partial charge in [-0.1, -0.05) is 29.8 Å². The molecule has 0 radical (unpaired) electrons. The predicted molar refractivity (Wildman–Crippen MR) is 88.8 cm³/mol. The van der Waals surface area contributed by atoms with Gasteiger partial charge >= 0.3 is 11.8 Å². The molecule has 6 nitrogen and oxygen atoms in total. The average Bonchev–Trinajstić information content (AvgIpc) is 2.56. The van der Waals surface area contributed by atoms with Crippen LogP contribution in [-0.4, -0.2) is 25.1 Å². The quantitative estimate of drug-likeness (QED) is 0.506. The zero-order chi connectivity index (χ0) is 17.5. The molecule has 0 fully saturated rings. The van der Waals surface area contributed by atoms with Crippen molar-refractivity contribution in [2.24, 2.45) is 5.10 Å². The van der Waals surface area contributed by atoms with E-state index in [9.17, 15) is 14.0 Å². The van der Waals surface area contributed by atoms with Gasteiger partial charge in [0, 0.05) is 10.6 Å². The lowest BCUT2D eigenvalue weighted by Crippen LogP contribution is -2.32. The van der Waals surface area contributed by atoms with Crippen molar-refractivity contribution in [3.05, 3.63) is 58.9 Å². The molecule has 124 valence electrons. The summed E-state index contributed by atoms with van der Waals surface area (Å²) < 4.78 is 18.4. The highest BCUT2D eigenvalue weighted by atomic mass is 35.5. The van der Waals surface area contributed by atoms with Crippen molar-refractivity contribution in [3.8, 4) is 5.75 Å². The number of halogens is 2. The second-order valence-corrected chi connectivity index (χ2v) is 4.96. The topological polar surface area (TPSA) is 79.8 Å². The molecular weight excluding hydrogens is 337 g/mol. The first-order chi connectivity index (χ1) is 11.5. The third kappa shape index (κ3) is 4.53. The van der Waals surface area contributed by atoms with Crippen LogP contribution in [0.15, 0.2) is 47.6 Å². The van der Waals surface area contributed by atoms with E-state index in [1.165, 1.54) is 31.4 Å². The number of benzene rings is 2. The van der Waals surface area contributed by atoms with Crippen molar-refractivity contribution in [1.82, 2.24) is 5.43 Å². The van der Waals surface area contributed by atoms with Crippen LogP contribution in [0.3, 0.4) is 0 Å². The largest absolute Gasteiger partial charge is 0.495 e. The van der Waals surface area contributed by atoms with Gasteiger partial charge in [-0.3, -0.25) is 9.59 Å². The van der Waals surface area contributed by atoms with Gasteiger partial charge in [0.05, 0.1) is 19.0 Å². The third-order valence-corrected chi connectivity index (χ3v) is 3.13. The van der Waals surface area contributed by atoms with Gasteiger partial charge in [-0.2, -0.15) is 5.10 Å². The van der Waals surface area contributed by atoms with Crippen LogP contribution in [0.5, 0.6) is 5.75 Å². The summed E-state index contributed by atoms with van der Waals surface area (Å²) in [6.07, 6.45) is 1.10. The van der Waals surface area contributed by atoms with E-state index in [4.69, 9.17) is 16.3 Å². The fourth-order valence-electron chi connectivity index (χ4n) is 1.75. The summed E-state index contributed by atoms with van der Waals surface area (Å²) in [5.74, 6) is -2.15. The van der Waals surface area contributed by atoms with E-state index in [1.54, 1.807) is 18.2 Å². The Balaban J connectivity index is 1.99. The number of hydrazone groups is 1. The molecule has 2 aromatic rings. The van der Waals surface area contributed by atoms with Crippen LogP contribution in [0.4, 0.5) is 10.1 Å². The van der Waals surface area contributed by atoms with Crippen LogP contribution < -0.4 is 15.5 Å². The first-order valence-corrected chi connectivity index (χ1v) is 7.11. The van der Waals surface area contributed by atoms with Gasteiger partial charge in [0.25, 0.3) is 0 Å². The Morgan fingerprint density at radius 1 is 1.21 bits per heavy atom. The molecule has 0 aromatic heterocycles. The Kier molecular flexibility index (Phi) is 5.86. The van der Waals surface area contributed by atoms with Crippen molar-refractivity contribution >= 4 is 35.3 Å². The average molecular weight is 350 g/mol. The molecular formula is C16H13ClFN3O3. The van der Waals surface area contributed by atoms with Crippen molar-refractivity contribution < 1.29 is 18.7 Å². The standard InChI is InChI=1S/C16H13ClFN3O3/c1-24-14-7-6-11(17)8-13(14)20-15(22)16(23)21-19-9-10-4-2-3-5-12(10)18/h2-9H,1H3,(H,20,22)(H,21,23)/b19-9+. The van der Waals surface area contributed by atoms with Gasteiger partial charge in [0.15, 0.2) is 0 Å². The Hall–Kier alpha value is -2.93. The van der Waals surface area contributed by atoms with Gasteiger partial charge in [-0.25, -0.2) is 9.82 Å². The number of methoxy groups -OCH3 is 1. The van der Waals surface area contributed by atoms with E-state index in [0.717, 1.165) is 6.21 Å². The third-order valence-electron chi connectivity index (χ3n) is 2.89. The molecule has 24 heavy (non-hydrogen) atoms. The normalized spacial score (nSPS) is 10.5. The lowest BCUT2D eigenvalue weighted by molar-refractivity contribution is -0.136. The SMILES string of the molecule is COc1ccc(Cl)cc1NC(=O)C(=O)N/N=C/c1ccccc1F. The Bertz CT molecular complexity index is 796. The monoisotopic (exact) mass is 349 g/mol. The molecule has 0 aliphatic carbocycles. The highest BCUT2D eigenvalue weighted by molar-refractivity contribution is 6.40. The summed E-state index contributed by atoms with van der Waals surface area (Å²) in [4.78, 5) is 23.5. The number of ether oxygens (including phenoxy) is 1. The number of hydrogen-bond donors (Lipinski definition) is 2. The van der Waals surface area contributed by atoms with Crippen LogP contribution in [0.25, 0.3) is 0 Å². The molecule has 0 bridgehead atoms. The van der Waals surface area contributed by atoms with Gasteiger partial charge in [0.1, 0.15) is 11.6 Å². The molecule has 8 heteroatoms. The highest BCUT2D eigenvalue weighted by Gasteiger charge is 2.15. The van der Waals surface area contributed by atoms with E-state index < -0.39 is 17.6 Å². The molecule has 0 saturated heterocycles. The summed E-state index contributed by atoms with van der Waals surface area (Å²) in [5, 5.41) is 6.26. The van der Waals surface area contributed by atoms with E-state index in [1.807, 2.05) is 5.43 Å². The molecule has 0 heterocycles. The fourth-order valence-corrected chi connectivity index (χ4v) is 1.92. The van der Waals surface area contributed by atoms with Crippen molar-refractivity contribution in [2.45, 2.75) is 0 Å². The molecule has 0 spiro atoms. The van der Waals surface area contributed by atoms with Crippen LogP contribution in [-0.2, 0) is 9.59 Å². The smallest absolute Gasteiger partial charge is 0.329 e. The Labute approximate surface area is 142 Å². The number of nitrogens with zero attached hydrogens (tertiary/aromatic N) is 1. The molecule has 0 unspecified atom stereocenters. The number of rotatable bonds is 4. The first-order valence-electron chi connectivity index (χ1n) is 6.73. The summed E-state index contributed by atoms with van der Waals surface area (Å²) in [6, 6.07) is 10.4. The second-order valence-electron chi connectivity index (χ2n) is 4.52. The molecule has 0 aliphatic rings. The van der Waals surface area contributed by atoms with Crippen LogP contribution >= 0.6 is 11.6 Å². The number of carbonyl (C=O) groups is 2. The highest BCUT2D eigenvalue weighted by Crippen LogP contribution is 2.27. The molecule has 2 N–H and O–H groups in total. The lowest BCUT2D eigenvalue weighted by atomic mass is 10.2. The minimum absolute atomic E-state index is 0.176. The Morgan fingerprint density at radius 2 is 1.96 bits per heavy atom. The predicted octanol–water partition coefficient (Wildman–Crippen LogP) is 2.58. The number of anilines is 1. The van der Waals surface area contributed by atoms with Crippen molar-refractivity contribution in [3.63, 3.8) is 0 Å². The van der Waals surface area contributed by atoms with E-state index in [0.29, 0.717) is 10.8 Å². The number of amides is 2. The fraction of sp³-hybridized carbons (Fsp3) is 0.0625. The maximum Gasteiger partial charge on any atom is 0.329 e. The zero-order valence-electron chi connectivity index (χ0n) is 12.5. The van der Waals surface area contributed by atoms with E-state index in [-0.39, 0.29) is 11.3 Å². The lowest BCUT2D eigenvalue weighted by Gasteiger charge is -2.09. The first kappa shape index (κ1) is 17.4. The number of nitrogens with one attached hydrogen (secondary N) is 2. The summed E-state index contributed by atoms with van der Waals surface area (Å²) in [6.45, 7) is 0. The zero-order valence-corrected chi connectivity index (χ0v) is 13.3. The minimum Gasteiger partial charge on any atom is -0.495 e. The van der Waals surface area contributed by atoms with Crippen molar-refractivity contribution in [2.75, 3.05) is 12.4 Å². The molecule has 0 saturated carbocycles. The van der Waals surface area contributed by atoms with Crippen LogP contribution in [0.1, 0.15) is 5.56 Å². The maximum atomic E-state index is 13.4. The van der Waals surface area contributed by atoms with Gasteiger partial charge in [-0.05, 0) is 24.3 Å². The summed E-state index contributed by atoms with van der Waals surface area (Å²) in [5.41, 5.74) is 2.42. The number of hydrogen-bond acceptors (Lipinski definition) is 4. The number of carbonyl (C=O) groups excluding carboxylic acids is 2. The molecule has 0 aliphatic heterocycles. The second kappa shape index (κ2) is 8.07. The van der Waals surface area contributed by atoms with Crippen LogP contribution in [0.2, 0.25) is 5.02 Å². The molecule has 0 atom stereocenters. The molecule has 2 aromatic carbocycles. The summed E-state index contributed by atoms with van der Waals surface area (Å²) >= 11 is 5.84. The minimum atomic E-state index is -1.02. The molecule has 2 amide bonds. The van der Waals surface area contributed by atoms with Gasteiger partial charge < -0.3 is 10.1 Å². The van der Waals surface area contributed by atoms with Crippen molar-refractivity contribution in [1.29, 1.82) is 0 Å². The van der Waals surface area contributed by atoms with Gasteiger partial charge in [-0.15, -0.1) is 0 Å². The molecule has 2 rings (SSSR count). The van der Waals surface area contributed by atoms with E-state index >= 15 is 0 Å². The Morgan fingerprint density at radius 3 is 2.67 bits per heavy atom. The van der Waals surface area contributed by atoms with Gasteiger partial charge in [0.2, 0.25) is 0 Å². The maximum absolute atomic E-state index is 13.4.